The number of ether oxygens (including phenoxy) is 1. The molecule has 0 amide bonds. The Labute approximate surface area is 124 Å². The summed E-state index contributed by atoms with van der Waals surface area (Å²) in [5.74, 6) is -2.02. The highest BCUT2D eigenvalue weighted by molar-refractivity contribution is 6.01. The van der Waals surface area contributed by atoms with E-state index in [1.165, 1.54) is 6.08 Å². The number of hydrogen-bond acceptors (Lipinski definition) is 4. The maximum absolute atomic E-state index is 12.3. The summed E-state index contributed by atoms with van der Waals surface area (Å²) >= 11 is 0. The van der Waals surface area contributed by atoms with Gasteiger partial charge in [0.1, 0.15) is 12.5 Å². The molecule has 1 aromatic carbocycles. The molecule has 3 atom stereocenters. The highest BCUT2D eigenvalue weighted by atomic mass is 16.5. The number of carbonyl (C=O) groups excluding carboxylic acids is 2. The molecule has 1 aliphatic carbocycles. The maximum atomic E-state index is 12.3. The molecule has 0 radical (unpaired) electrons. The predicted molar refractivity (Wildman–Crippen MR) is 78.7 cm³/mol. The molecule has 0 spiro atoms. The molecule has 1 fully saturated rings. The Hall–Kier alpha value is -1.94. The number of aliphatic hydroxyl groups is 1. The fourth-order valence-electron chi connectivity index (χ4n) is 2.91. The largest absolute Gasteiger partial charge is 0.461 e. The van der Waals surface area contributed by atoms with Crippen LogP contribution >= 0.6 is 0 Å². The van der Waals surface area contributed by atoms with Crippen LogP contribution in [0.25, 0.3) is 0 Å². The lowest BCUT2D eigenvalue weighted by molar-refractivity contribution is -0.156. The normalized spacial score (nSPS) is 29.0. The predicted octanol–water partition coefficient (Wildman–Crippen LogP) is 2.23. The van der Waals surface area contributed by atoms with Gasteiger partial charge < -0.3 is 9.84 Å². The molecule has 1 saturated carbocycles. The molecule has 4 heteroatoms. The smallest absolute Gasteiger partial charge is 0.317 e. The van der Waals surface area contributed by atoms with Gasteiger partial charge in [-0.3, -0.25) is 9.59 Å². The van der Waals surface area contributed by atoms with Gasteiger partial charge in [0.2, 0.25) is 0 Å². The Morgan fingerprint density at radius 3 is 2.76 bits per heavy atom. The van der Waals surface area contributed by atoms with Crippen LogP contribution in [-0.2, 0) is 14.3 Å². The fraction of sp³-hybridized carbons (Fsp3) is 0.412. The standard InChI is InChI=1S/C17H20O4/c1-3-9-21-16(19)15-13(12-7-5-4-6-8-12)10-17(2,20)11-14(15)18/h3-8,13,15,20H,1,9-11H2,2H3/t13-,15-,17+/m0/s1. The van der Waals surface area contributed by atoms with Gasteiger partial charge in [0.25, 0.3) is 0 Å². The topological polar surface area (TPSA) is 63.6 Å². The summed E-state index contributed by atoms with van der Waals surface area (Å²) < 4.78 is 5.06. The molecule has 4 nitrogen and oxygen atoms in total. The molecule has 1 aromatic rings. The van der Waals surface area contributed by atoms with Gasteiger partial charge in [-0.1, -0.05) is 43.0 Å². The Bertz CT molecular complexity index is 533. The van der Waals surface area contributed by atoms with Crippen molar-refractivity contribution in [2.75, 3.05) is 6.61 Å². The number of Topliss-reactive ketones (excluding diaryl/α,β-unsaturated/α-hetero) is 1. The van der Waals surface area contributed by atoms with E-state index in [1.54, 1.807) is 6.92 Å². The van der Waals surface area contributed by atoms with Gasteiger partial charge in [-0.15, -0.1) is 0 Å². The van der Waals surface area contributed by atoms with E-state index in [0.29, 0.717) is 6.42 Å². The summed E-state index contributed by atoms with van der Waals surface area (Å²) in [6, 6.07) is 9.32. The van der Waals surface area contributed by atoms with Gasteiger partial charge in [-0.25, -0.2) is 0 Å². The zero-order valence-corrected chi connectivity index (χ0v) is 12.1. The van der Waals surface area contributed by atoms with Crippen molar-refractivity contribution in [3.63, 3.8) is 0 Å². The summed E-state index contributed by atoms with van der Waals surface area (Å²) in [7, 11) is 0. The van der Waals surface area contributed by atoms with Gasteiger partial charge in [0.05, 0.1) is 5.60 Å². The van der Waals surface area contributed by atoms with Crippen LogP contribution in [0, 0.1) is 5.92 Å². The van der Waals surface area contributed by atoms with Crippen molar-refractivity contribution in [3.8, 4) is 0 Å². The first kappa shape index (κ1) is 15.4. The Balaban J connectivity index is 2.32. The Morgan fingerprint density at radius 1 is 1.48 bits per heavy atom. The van der Waals surface area contributed by atoms with E-state index in [4.69, 9.17) is 4.74 Å². The first-order valence-electron chi connectivity index (χ1n) is 7.02. The molecule has 0 heterocycles. The average molecular weight is 288 g/mol. The number of esters is 1. The van der Waals surface area contributed by atoms with Crippen molar-refractivity contribution in [3.05, 3.63) is 48.6 Å². The molecule has 1 N–H and O–H groups in total. The van der Waals surface area contributed by atoms with E-state index >= 15 is 0 Å². The molecule has 2 rings (SSSR count). The molecule has 0 aliphatic heterocycles. The van der Waals surface area contributed by atoms with E-state index in [9.17, 15) is 14.7 Å². The van der Waals surface area contributed by atoms with Gasteiger partial charge in [0, 0.05) is 12.3 Å². The summed E-state index contributed by atoms with van der Waals surface area (Å²) in [6.45, 7) is 5.21. The van der Waals surface area contributed by atoms with E-state index in [1.807, 2.05) is 30.3 Å². The Morgan fingerprint density at radius 2 is 2.14 bits per heavy atom. The first-order valence-corrected chi connectivity index (χ1v) is 7.02. The number of ketones is 1. The zero-order chi connectivity index (χ0) is 15.5. The highest BCUT2D eigenvalue weighted by Gasteiger charge is 2.46. The van der Waals surface area contributed by atoms with Crippen LogP contribution in [0.3, 0.4) is 0 Å². The van der Waals surface area contributed by atoms with E-state index in [0.717, 1.165) is 5.56 Å². The summed E-state index contributed by atoms with van der Waals surface area (Å²) in [6.07, 6.45) is 1.81. The lowest BCUT2D eigenvalue weighted by Crippen LogP contribution is -2.45. The van der Waals surface area contributed by atoms with Crippen LogP contribution < -0.4 is 0 Å². The molecular weight excluding hydrogens is 268 g/mol. The number of carbonyl (C=O) groups is 2. The second kappa shape index (κ2) is 6.22. The second-order valence-corrected chi connectivity index (χ2v) is 5.76. The number of benzene rings is 1. The number of rotatable bonds is 4. The first-order chi connectivity index (χ1) is 9.94. The van der Waals surface area contributed by atoms with E-state index < -0.39 is 17.5 Å². The minimum absolute atomic E-state index is 0.0236. The SMILES string of the molecule is C=CCOC(=O)[C@@H]1C(=O)C[C@](C)(O)C[C@H]1c1ccccc1. The third-order valence-electron chi connectivity index (χ3n) is 3.79. The third kappa shape index (κ3) is 3.58. The number of hydrogen-bond donors (Lipinski definition) is 1. The summed E-state index contributed by atoms with van der Waals surface area (Å²) in [4.78, 5) is 24.5. The van der Waals surface area contributed by atoms with Gasteiger partial charge in [0.15, 0.2) is 5.78 Å². The van der Waals surface area contributed by atoms with Crippen molar-refractivity contribution in [2.24, 2.45) is 5.92 Å². The Kier molecular flexibility index (Phi) is 4.58. The molecular formula is C17H20O4. The minimum atomic E-state index is -1.09. The minimum Gasteiger partial charge on any atom is -0.461 e. The zero-order valence-electron chi connectivity index (χ0n) is 12.1. The van der Waals surface area contributed by atoms with Crippen molar-refractivity contribution in [1.29, 1.82) is 0 Å². The molecule has 1 aliphatic rings. The van der Waals surface area contributed by atoms with Crippen molar-refractivity contribution < 1.29 is 19.4 Å². The lowest BCUT2D eigenvalue weighted by atomic mass is 9.69. The average Bonchev–Trinajstić information content (AvgIpc) is 2.44. The van der Waals surface area contributed by atoms with Gasteiger partial charge in [-0.2, -0.15) is 0 Å². The van der Waals surface area contributed by atoms with E-state index in [2.05, 4.69) is 6.58 Å². The molecule has 0 saturated heterocycles. The van der Waals surface area contributed by atoms with Crippen molar-refractivity contribution in [1.82, 2.24) is 0 Å². The van der Waals surface area contributed by atoms with Crippen molar-refractivity contribution in [2.45, 2.75) is 31.3 Å². The molecule has 0 aromatic heterocycles. The molecule has 112 valence electrons. The van der Waals surface area contributed by atoms with Gasteiger partial charge in [-0.05, 0) is 18.9 Å². The quantitative estimate of drug-likeness (QED) is 0.524. The van der Waals surface area contributed by atoms with E-state index in [-0.39, 0.29) is 24.7 Å². The van der Waals surface area contributed by atoms with Crippen molar-refractivity contribution >= 4 is 11.8 Å². The van der Waals surface area contributed by atoms with Crippen LogP contribution in [0.1, 0.15) is 31.2 Å². The van der Waals surface area contributed by atoms with Crippen LogP contribution in [0.2, 0.25) is 0 Å². The monoisotopic (exact) mass is 288 g/mol. The maximum Gasteiger partial charge on any atom is 0.317 e. The van der Waals surface area contributed by atoms with Crippen LogP contribution in [0.5, 0.6) is 0 Å². The third-order valence-corrected chi connectivity index (χ3v) is 3.79. The highest BCUT2D eigenvalue weighted by Crippen LogP contribution is 2.41. The van der Waals surface area contributed by atoms with Gasteiger partial charge >= 0.3 is 5.97 Å². The molecule has 0 unspecified atom stereocenters. The summed E-state index contributed by atoms with van der Waals surface area (Å²) in [5, 5.41) is 10.3. The lowest BCUT2D eigenvalue weighted by Gasteiger charge is -2.37. The molecule has 0 bridgehead atoms. The molecule has 21 heavy (non-hydrogen) atoms. The second-order valence-electron chi connectivity index (χ2n) is 5.76. The fourth-order valence-corrected chi connectivity index (χ4v) is 2.91. The summed E-state index contributed by atoms with van der Waals surface area (Å²) in [5.41, 5.74) is -0.223. The van der Waals surface area contributed by atoms with Crippen LogP contribution in [0.4, 0.5) is 0 Å². The van der Waals surface area contributed by atoms with Crippen LogP contribution in [0.15, 0.2) is 43.0 Å². The van der Waals surface area contributed by atoms with Crippen LogP contribution in [-0.4, -0.2) is 29.1 Å².